The lowest BCUT2D eigenvalue weighted by molar-refractivity contribution is -0.384. The average molecular weight is 447 g/mol. The van der Waals surface area contributed by atoms with Crippen molar-refractivity contribution in [3.05, 3.63) is 88.5 Å². The Morgan fingerprint density at radius 3 is 2.18 bits per heavy atom. The number of hydrogen-bond donors (Lipinski definition) is 1. The van der Waals surface area contributed by atoms with E-state index >= 15 is 0 Å². The minimum atomic E-state index is -0.355. The summed E-state index contributed by atoms with van der Waals surface area (Å²) in [6.45, 7) is 4.86. The van der Waals surface area contributed by atoms with Crippen molar-refractivity contribution in [3.63, 3.8) is 0 Å². The highest BCUT2D eigenvalue weighted by Crippen LogP contribution is 2.28. The zero-order valence-electron chi connectivity index (χ0n) is 18.4. The first-order chi connectivity index (χ1) is 16.0. The Kier molecular flexibility index (Phi) is 6.85. The van der Waals surface area contributed by atoms with Crippen LogP contribution in [0.2, 0.25) is 0 Å². The number of carbonyl (C=O) groups is 1. The number of aryl methyl sites for hydroxylation is 1. The molecule has 0 unspecified atom stereocenters. The lowest BCUT2D eigenvalue weighted by atomic mass is 10.2. The summed E-state index contributed by atoms with van der Waals surface area (Å²) >= 11 is 0. The maximum Gasteiger partial charge on any atom is 0.292 e. The van der Waals surface area contributed by atoms with E-state index in [9.17, 15) is 14.9 Å². The van der Waals surface area contributed by atoms with Gasteiger partial charge in [-0.25, -0.2) is 0 Å². The van der Waals surface area contributed by atoms with Gasteiger partial charge in [0.05, 0.1) is 11.5 Å². The first-order valence-corrected chi connectivity index (χ1v) is 10.8. The Balaban J connectivity index is 1.26. The Labute approximate surface area is 192 Å². The van der Waals surface area contributed by atoms with E-state index in [0.717, 1.165) is 5.75 Å². The molecule has 0 aliphatic carbocycles. The van der Waals surface area contributed by atoms with Crippen molar-refractivity contribution >= 4 is 23.0 Å². The molecule has 8 nitrogen and oxygen atoms in total. The van der Waals surface area contributed by atoms with Crippen molar-refractivity contribution in [2.24, 2.45) is 0 Å². The minimum absolute atomic E-state index is 0.0960. The van der Waals surface area contributed by atoms with Gasteiger partial charge in [-0.3, -0.25) is 19.8 Å². The molecule has 170 valence electrons. The second-order valence-electron chi connectivity index (χ2n) is 8.00. The van der Waals surface area contributed by atoms with Gasteiger partial charge in [-0.1, -0.05) is 29.8 Å². The van der Waals surface area contributed by atoms with Crippen molar-refractivity contribution in [3.8, 4) is 11.5 Å². The van der Waals surface area contributed by atoms with Crippen molar-refractivity contribution in [1.29, 1.82) is 0 Å². The van der Waals surface area contributed by atoms with Gasteiger partial charge < -0.3 is 15.0 Å². The van der Waals surface area contributed by atoms with E-state index in [2.05, 4.69) is 10.2 Å². The van der Waals surface area contributed by atoms with E-state index in [0.29, 0.717) is 43.3 Å². The number of nitrogens with one attached hydrogen (secondary N) is 1. The fourth-order valence-electron chi connectivity index (χ4n) is 3.79. The van der Waals surface area contributed by atoms with Gasteiger partial charge in [0.25, 0.3) is 5.69 Å². The van der Waals surface area contributed by atoms with Gasteiger partial charge >= 0.3 is 0 Å². The molecule has 4 rings (SSSR count). The van der Waals surface area contributed by atoms with Crippen LogP contribution in [0.3, 0.4) is 0 Å². The standard InChI is InChI=1S/C25H26N4O4/c1-19-6-10-21(11-7-19)33-22-12-8-20(9-13-22)26-25(30)18-27-14-16-28(17-15-27)23-4-2-3-5-24(23)29(31)32/h2-13H,14-18H2,1H3,(H,26,30). The molecule has 0 saturated carbocycles. The van der Waals surface area contributed by atoms with E-state index in [1.807, 2.05) is 60.4 Å². The second kappa shape index (κ2) is 10.1. The third-order valence-corrected chi connectivity index (χ3v) is 5.55. The predicted molar refractivity (Wildman–Crippen MR) is 128 cm³/mol. The molecule has 1 aliphatic heterocycles. The van der Waals surface area contributed by atoms with Crippen molar-refractivity contribution in [1.82, 2.24) is 4.90 Å². The second-order valence-corrected chi connectivity index (χ2v) is 8.00. The van der Waals surface area contributed by atoms with Gasteiger partial charge in [0.1, 0.15) is 17.2 Å². The van der Waals surface area contributed by atoms with Crippen LogP contribution in [0.25, 0.3) is 0 Å². The molecule has 0 atom stereocenters. The van der Waals surface area contributed by atoms with Gasteiger partial charge in [-0.05, 0) is 49.4 Å². The van der Waals surface area contributed by atoms with Crippen molar-refractivity contribution in [2.75, 3.05) is 42.9 Å². The number of carbonyl (C=O) groups excluding carboxylic acids is 1. The van der Waals surface area contributed by atoms with Gasteiger partial charge in [0, 0.05) is 37.9 Å². The molecule has 0 radical (unpaired) electrons. The Morgan fingerprint density at radius 2 is 1.55 bits per heavy atom. The summed E-state index contributed by atoms with van der Waals surface area (Å²) < 4.78 is 5.82. The number of anilines is 2. The van der Waals surface area contributed by atoms with Crippen molar-refractivity contribution in [2.45, 2.75) is 6.92 Å². The van der Waals surface area contributed by atoms with Crippen LogP contribution in [-0.4, -0.2) is 48.5 Å². The van der Waals surface area contributed by atoms with Gasteiger partial charge in [-0.2, -0.15) is 0 Å². The number of nitro benzene ring substituents is 1. The van der Waals surface area contributed by atoms with Crippen LogP contribution in [0.15, 0.2) is 72.8 Å². The number of ether oxygens (including phenoxy) is 1. The molecule has 1 heterocycles. The lowest BCUT2D eigenvalue weighted by Crippen LogP contribution is -2.48. The number of amides is 1. The maximum absolute atomic E-state index is 12.5. The Morgan fingerprint density at radius 1 is 0.939 bits per heavy atom. The molecule has 0 bridgehead atoms. The maximum atomic E-state index is 12.5. The van der Waals surface area contributed by atoms with Crippen LogP contribution < -0.4 is 15.0 Å². The molecule has 1 amide bonds. The van der Waals surface area contributed by atoms with Crippen LogP contribution >= 0.6 is 0 Å². The van der Waals surface area contributed by atoms with E-state index in [-0.39, 0.29) is 23.1 Å². The zero-order chi connectivity index (χ0) is 23.2. The summed E-state index contributed by atoms with van der Waals surface area (Å²) in [7, 11) is 0. The molecule has 8 heteroatoms. The molecule has 0 spiro atoms. The van der Waals surface area contributed by atoms with E-state index in [4.69, 9.17) is 4.74 Å². The molecule has 33 heavy (non-hydrogen) atoms. The SMILES string of the molecule is Cc1ccc(Oc2ccc(NC(=O)CN3CCN(c4ccccc4[N+](=O)[O-])CC3)cc2)cc1. The summed E-state index contributed by atoms with van der Waals surface area (Å²) in [6.07, 6.45) is 0. The number of rotatable bonds is 7. The summed E-state index contributed by atoms with van der Waals surface area (Å²) in [5.41, 5.74) is 2.61. The summed E-state index contributed by atoms with van der Waals surface area (Å²) in [4.78, 5) is 27.5. The summed E-state index contributed by atoms with van der Waals surface area (Å²) in [5.74, 6) is 1.36. The first-order valence-electron chi connectivity index (χ1n) is 10.8. The Hall–Kier alpha value is -3.91. The minimum Gasteiger partial charge on any atom is -0.457 e. The fraction of sp³-hybridized carbons (Fsp3) is 0.240. The van der Waals surface area contributed by atoms with Gasteiger partial charge in [-0.15, -0.1) is 0 Å². The monoisotopic (exact) mass is 446 g/mol. The highest BCUT2D eigenvalue weighted by Gasteiger charge is 2.24. The number of benzene rings is 3. The normalized spacial score (nSPS) is 14.0. The molecular formula is C25H26N4O4. The first kappa shape index (κ1) is 22.3. The Bertz CT molecular complexity index is 1110. The number of nitrogens with zero attached hydrogens (tertiary/aromatic N) is 3. The third-order valence-electron chi connectivity index (χ3n) is 5.55. The summed E-state index contributed by atoms with van der Waals surface area (Å²) in [6, 6.07) is 21.8. The highest BCUT2D eigenvalue weighted by atomic mass is 16.6. The van der Waals surface area contributed by atoms with Crippen LogP contribution in [0.5, 0.6) is 11.5 Å². The average Bonchev–Trinajstić information content (AvgIpc) is 2.82. The largest absolute Gasteiger partial charge is 0.457 e. The molecule has 1 aliphatic rings. The van der Waals surface area contributed by atoms with E-state index in [1.54, 1.807) is 18.2 Å². The van der Waals surface area contributed by atoms with Crippen LogP contribution in [0.1, 0.15) is 5.56 Å². The smallest absolute Gasteiger partial charge is 0.292 e. The number of para-hydroxylation sites is 2. The molecule has 1 saturated heterocycles. The highest BCUT2D eigenvalue weighted by molar-refractivity contribution is 5.92. The molecular weight excluding hydrogens is 420 g/mol. The van der Waals surface area contributed by atoms with Crippen LogP contribution in [0.4, 0.5) is 17.1 Å². The van der Waals surface area contributed by atoms with Crippen molar-refractivity contribution < 1.29 is 14.5 Å². The van der Waals surface area contributed by atoms with E-state index in [1.165, 1.54) is 11.6 Å². The topological polar surface area (TPSA) is 88.0 Å². The fourth-order valence-corrected chi connectivity index (χ4v) is 3.79. The zero-order valence-corrected chi connectivity index (χ0v) is 18.4. The molecule has 3 aromatic rings. The quantitative estimate of drug-likeness (QED) is 0.426. The number of hydrogen-bond acceptors (Lipinski definition) is 6. The predicted octanol–water partition coefficient (Wildman–Crippen LogP) is 4.46. The number of piperazine rings is 1. The molecule has 3 aromatic carbocycles. The van der Waals surface area contributed by atoms with Crippen LogP contribution in [0, 0.1) is 17.0 Å². The van der Waals surface area contributed by atoms with E-state index < -0.39 is 0 Å². The molecule has 0 aromatic heterocycles. The molecule has 1 N–H and O–H groups in total. The van der Waals surface area contributed by atoms with Gasteiger partial charge in [0.15, 0.2) is 0 Å². The summed E-state index contributed by atoms with van der Waals surface area (Å²) in [5, 5.41) is 14.2. The number of nitro groups is 1. The third kappa shape index (κ3) is 5.87. The van der Waals surface area contributed by atoms with Gasteiger partial charge in [0.2, 0.25) is 5.91 Å². The molecule has 1 fully saturated rings. The van der Waals surface area contributed by atoms with Crippen LogP contribution in [-0.2, 0) is 4.79 Å². The lowest BCUT2D eigenvalue weighted by Gasteiger charge is -2.35.